The SMILES string of the molecule is Cc1ccc(-c2ccc(NC(=O)N3CCc4cc(Br)c(N5CCN(C)CC5)cc43)cc2)nn1. The molecule has 1 saturated heterocycles. The van der Waals surface area contributed by atoms with Gasteiger partial charge < -0.3 is 15.1 Å². The summed E-state index contributed by atoms with van der Waals surface area (Å²) in [6.45, 7) is 6.64. The Morgan fingerprint density at radius 1 is 0.939 bits per heavy atom. The van der Waals surface area contributed by atoms with Gasteiger partial charge in [0.1, 0.15) is 0 Å². The smallest absolute Gasteiger partial charge is 0.326 e. The van der Waals surface area contributed by atoms with Crippen molar-refractivity contribution < 1.29 is 4.79 Å². The topological polar surface area (TPSA) is 64.6 Å². The maximum absolute atomic E-state index is 13.1. The zero-order chi connectivity index (χ0) is 22.9. The highest BCUT2D eigenvalue weighted by Gasteiger charge is 2.28. The third-order valence-corrected chi connectivity index (χ3v) is 7.00. The Kier molecular flexibility index (Phi) is 6.03. The second kappa shape index (κ2) is 9.11. The lowest BCUT2D eigenvalue weighted by atomic mass is 10.1. The number of rotatable bonds is 3. The standard InChI is InChI=1S/C25H27BrN6O/c1-17-3-8-22(29-28-17)18-4-6-20(7-5-18)27-25(33)32-10-9-19-15-21(26)24(16-23(19)32)31-13-11-30(2)12-14-31/h3-8,15-16H,9-14H2,1-2H3,(H,27,33). The molecule has 3 heterocycles. The summed E-state index contributed by atoms with van der Waals surface area (Å²) >= 11 is 3.76. The van der Waals surface area contributed by atoms with Crippen LogP contribution in [0.15, 0.2) is 53.0 Å². The van der Waals surface area contributed by atoms with Gasteiger partial charge in [-0.2, -0.15) is 10.2 Å². The minimum absolute atomic E-state index is 0.108. The largest absolute Gasteiger partial charge is 0.368 e. The van der Waals surface area contributed by atoms with Crippen LogP contribution in [0.2, 0.25) is 0 Å². The molecule has 0 bridgehead atoms. The van der Waals surface area contributed by atoms with Gasteiger partial charge in [0.2, 0.25) is 0 Å². The summed E-state index contributed by atoms with van der Waals surface area (Å²) in [7, 11) is 2.15. The number of nitrogens with zero attached hydrogens (tertiary/aromatic N) is 5. The first-order valence-electron chi connectivity index (χ1n) is 11.2. The van der Waals surface area contributed by atoms with Crippen molar-refractivity contribution in [1.29, 1.82) is 0 Å². The van der Waals surface area contributed by atoms with E-state index in [2.05, 4.69) is 60.4 Å². The van der Waals surface area contributed by atoms with Gasteiger partial charge in [0.05, 0.1) is 22.8 Å². The molecule has 0 radical (unpaired) electrons. The molecule has 2 aliphatic rings. The highest BCUT2D eigenvalue weighted by atomic mass is 79.9. The van der Waals surface area contributed by atoms with E-state index in [9.17, 15) is 4.79 Å². The summed E-state index contributed by atoms with van der Waals surface area (Å²) in [5, 5.41) is 11.4. The van der Waals surface area contributed by atoms with E-state index in [1.807, 2.05) is 48.2 Å². The molecular weight excluding hydrogens is 480 g/mol. The number of benzene rings is 2. The quantitative estimate of drug-likeness (QED) is 0.563. The minimum Gasteiger partial charge on any atom is -0.368 e. The molecular formula is C25H27BrN6O. The predicted molar refractivity (Wildman–Crippen MR) is 136 cm³/mol. The summed E-state index contributed by atoms with van der Waals surface area (Å²) in [5.41, 5.74) is 6.78. The Hall–Kier alpha value is -2.97. The molecule has 8 heteroatoms. The fourth-order valence-electron chi connectivity index (χ4n) is 4.37. The third-order valence-electron chi connectivity index (χ3n) is 6.36. The summed E-state index contributed by atoms with van der Waals surface area (Å²) in [6.07, 6.45) is 0.857. The highest BCUT2D eigenvalue weighted by Crippen LogP contribution is 2.38. The number of anilines is 3. The minimum atomic E-state index is -0.108. The molecule has 1 N–H and O–H groups in total. The van der Waals surface area contributed by atoms with E-state index in [-0.39, 0.29) is 6.03 Å². The van der Waals surface area contributed by atoms with E-state index in [1.165, 1.54) is 5.56 Å². The van der Waals surface area contributed by atoms with Crippen LogP contribution in [0, 0.1) is 6.92 Å². The van der Waals surface area contributed by atoms with Crippen molar-refractivity contribution in [3.63, 3.8) is 0 Å². The number of fused-ring (bicyclic) bond motifs is 1. The van der Waals surface area contributed by atoms with Crippen LogP contribution in [0.4, 0.5) is 21.9 Å². The molecule has 0 unspecified atom stereocenters. The molecule has 0 saturated carbocycles. The molecule has 2 amide bonds. The number of piperazine rings is 1. The normalized spacial score (nSPS) is 16.1. The summed E-state index contributed by atoms with van der Waals surface area (Å²) < 4.78 is 1.10. The van der Waals surface area contributed by atoms with Gasteiger partial charge >= 0.3 is 6.03 Å². The van der Waals surface area contributed by atoms with Crippen LogP contribution in [0.3, 0.4) is 0 Å². The molecule has 1 aromatic heterocycles. The van der Waals surface area contributed by atoms with Crippen LogP contribution in [-0.4, -0.2) is 60.9 Å². The van der Waals surface area contributed by atoms with Crippen LogP contribution >= 0.6 is 15.9 Å². The van der Waals surface area contributed by atoms with E-state index in [0.29, 0.717) is 6.54 Å². The molecule has 33 heavy (non-hydrogen) atoms. The fourth-order valence-corrected chi connectivity index (χ4v) is 5.01. The Balaban J connectivity index is 1.31. The molecule has 0 atom stereocenters. The maximum Gasteiger partial charge on any atom is 0.326 e. The number of likely N-dealkylation sites (N-methyl/N-ethyl adjacent to an activating group) is 1. The van der Waals surface area contributed by atoms with Gasteiger partial charge in [0, 0.05) is 48.4 Å². The molecule has 5 rings (SSSR count). The Labute approximate surface area is 202 Å². The Morgan fingerprint density at radius 2 is 1.70 bits per heavy atom. The van der Waals surface area contributed by atoms with Crippen molar-refractivity contribution in [1.82, 2.24) is 15.1 Å². The summed E-state index contributed by atoms with van der Waals surface area (Å²) in [5.74, 6) is 0. The van der Waals surface area contributed by atoms with Crippen molar-refractivity contribution in [3.05, 3.63) is 64.3 Å². The molecule has 2 aromatic carbocycles. The number of aryl methyl sites for hydroxylation is 1. The number of carbonyl (C=O) groups is 1. The Morgan fingerprint density at radius 3 is 2.39 bits per heavy atom. The van der Waals surface area contributed by atoms with Crippen molar-refractivity contribution >= 4 is 39.0 Å². The first kappa shape index (κ1) is 21.9. The number of aromatic nitrogens is 2. The van der Waals surface area contributed by atoms with E-state index < -0.39 is 0 Å². The molecule has 170 valence electrons. The maximum atomic E-state index is 13.1. The number of hydrogen-bond donors (Lipinski definition) is 1. The molecule has 7 nitrogen and oxygen atoms in total. The highest BCUT2D eigenvalue weighted by molar-refractivity contribution is 9.10. The first-order valence-corrected chi connectivity index (χ1v) is 12.0. The van der Waals surface area contributed by atoms with E-state index in [0.717, 1.165) is 71.1 Å². The van der Waals surface area contributed by atoms with E-state index >= 15 is 0 Å². The first-order chi connectivity index (χ1) is 16.0. The third kappa shape index (κ3) is 4.58. The van der Waals surface area contributed by atoms with Gasteiger partial charge in [0.25, 0.3) is 0 Å². The zero-order valence-electron chi connectivity index (χ0n) is 18.9. The average Bonchev–Trinajstić information content (AvgIpc) is 3.23. The van der Waals surface area contributed by atoms with Gasteiger partial charge in [0.15, 0.2) is 0 Å². The van der Waals surface area contributed by atoms with Gasteiger partial charge in [-0.1, -0.05) is 12.1 Å². The van der Waals surface area contributed by atoms with E-state index in [1.54, 1.807) is 0 Å². The number of nitrogens with one attached hydrogen (secondary N) is 1. The fraction of sp³-hybridized carbons (Fsp3) is 0.320. The number of halogens is 1. The summed E-state index contributed by atoms with van der Waals surface area (Å²) in [6, 6.07) is 15.8. The van der Waals surface area contributed by atoms with Crippen LogP contribution in [0.1, 0.15) is 11.3 Å². The van der Waals surface area contributed by atoms with Gasteiger partial charge in [-0.25, -0.2) is 4.79 Å². The van der Waals surface area contributed by atoms with Crippen molar-refractivity contribution in [2.45, 2.75) is 13.3 Å². The lowest BCUT2D eigenvalue weighted by Crippen LogP contribution is -2.44. The zero-order valence-corrected chi connectivity index (χ0v) is 20.5. The van der Waals surface area contributed by atoms with Crippen LogP contribution in [0.5, 0.6) is 0 Å². The van der Waals surface area contributed by atoms with Gasteiger partial charge in [-0.3, -0.25) is 4.90 Å². The van der Waals surface area contributed by atoms with Crippen LogP contribution in [0.25, 0.3) is 11.3 Å². The molecule has 1 fully saturated rings. The van der Waals surface area contributed by atoms with Gasteiger partial charge in [-0.05, 0) is 78.3 Å². The second-order valence-corrected chi connectivity index (χ2v) is 9.55. The lowest BCUT2D eigenvalue weighted by molar-refractivity contribution is 0.257. The van der Waals surface area contributed by atoms with Crippen molar-refractivity contribution in [2.75, 3.05) is 54.9 Å². The van der Waals surface area contributed by atoms with Crippen LogP contribution in [-0.2, 0) is 6.42 Å². The van der Waals surface area contributed by atoms with E-state index in [4.69, 9.17) is 0 Å². The molecule has 2 aliphatic heterocycles. The number of amides is 2. The average molecular weight is 507 g/mol. The monoisotopic (exact) mass is 506 g/mol. The van der Waals surface area contributed by atoms with Gasteiger partial charge in [-0.15, -0.1) is 0 Å². The predicted octanol–water partition coefficient (Wildman–Crippen LogP) is 4.56. The lowest BCUT2D eigenvalue weighted by Gasteiger charge is -2.35. The Bertz CT molecular complexity index is 1160. The second-order valence-electron chi connectivity index (χ2n) is 8.69. The molecule has 0 spiro atoms. The number of carbonyl (C=O) groups excluding carboxylic acids is 1. The molecule has 0 aliphatic carbocycles. The number of hydrogen-bond acceptors (Lipinski definition) is 5. The van der Waals surface area contributed by atoms with Crippen LogP contribution < -0.4 is 15.1 Å². The van der Waals surface area contributed by atoms with Crippen molar-refractivity contribution in [2.24, 2.45) is 0 Å². The van der Waals surface area contributed by atoms with Crippen molar-refractivity contribution in [3.8, 4) is 11.3 Å². The molecule has 3 aromatic rings. The summed E-state index contributed by atoms with van der Waals surface area (Å²) in [4.78, 5) is 19.7. The number of urea groups is 1.